The number of hydrogen-bond acceptors (Lipinski definition) is 4. The van der Waals surface area contributed by atoms with Gasteiger partial charge in [0.15, 0.2) is 5.17 Å². The first-order valence-corrected chi connectivity index (χ1v) is 11.6. The van der Waals surface area contributed by atoms with Gasteiger partial charge in [-0.15, -0.1) is 0 Å². The van der Waals surface area contributed by atoms with Gasteiger partial charge < -0.3 is 5.32 Å². The molecule has 5 nitrogen and oxygen atoms in total. The number of amidine groups is 1. The first-order chi connectivity index (χ1) is 16.1. The molecule has 2 amide bonds. The van der Waals surface area contributed by atoms with Crippen LogP contribution in [0.15, 0.2) is 89.9 Å². The van der Waals surface area contributed by atoms with Crippen molar-refractivity contribution in [2.24, 2.45) is 4.99 Å². The molecule has 0 aliphatic carbocycles. The number of hydrogen-bond donors (Lipinski definition) is 1. The van der Waals surface area contributed by atoms with E-state index in [1.54, 1.807) is 17.0 Å². The van der Waals surface area contributed by atoms with Gasteiger partial charge >= 0.3 is 0 Å². The van der Waals surface area contributed by atoms with Gasteiger partial charge in [-0.1, -0.05) is 72.4 Å². The third kappa shape index (κ3) is 6.29. The number of thioether (sulfide) groups is 1. The number of benzene rings is 3. The van der Waals surface area contributed by atoms with E-state index in [2.05, 4.69) is 10.3 Å². The predicted molar refractivity (Wildman–Crippen MR) is 130 cm³/mol. The van der Waals surface area contributed by atoms with E-state index in [4.69, 9.17) is 0 Å². The van der Waals surface area contributed by atoms with E-state index in [-0.39, 0.29) is 30.6 Å². The van der Waals surface area contributed by atoms with E-state index in [0.717, 1.165) is 23.2 Å². The largest absolute Gasteiger partial charge is 0.356 e. The highest BCUT2D eigenvalue weighted by Crippen LogP contribution is 2.32. The Morgan fingerprint density at radius 1 is 0.939 bits per heavy atom. The summed E-state index contributed by atoms with van der Waals surface area (Å²) in [5.41, 5.74) is 2.66. The molecule has 1 heterocycles. The summed E-state index contributed by atoms with van der Waals surface area (Å²) >= 11 is 1.29. The maximum Gasteiger partial charge on any atom is 0.242 e. The molecule has 0 bridgehead atoms. The molecule has 0 radical (unpaired) electrons. The quantitative estimate of drug-likeness (QED) is 0.529. The molecule has 1 aliphatic rings. The Morgan fingerprint density at radius 3 is 2.30 bits per heavy atom. The Hall–Kier alpha value is -3.45. The smallest absolute Gasteiger partial charge is 0.242 e. The minimum absolute atomic E-state index is 0.0754. The fourth-order valence-corrected chi connectivity index (χ4v) is 4.64. The Balaban J connectivity index is 1.43. The molecular weight excluding hydrogens is 437 g/mol. The van der Waals surface area contributed by atoms with Crippen LogP contribution in [0.25, 0.3) is 0 Å². The molecule has 168 valence electrons. The van der Waals surface area contributed by atoms with Crippen molar-refractivity contribution in [2.45, 2.75) is 24.6 Å². The molecule has 3 aromatic rings. The number of rotatable bonds is 8. The second-order valence-electron chi connectivity index (χ2n) is 7.68. The third-order valence-corrected chi connectivity index (χ3v) is 6.38. The van der Waals surface area contributed by atoms with Gasteiger partial charge in [-0.2, -0.15) is 0 Å². The van der Waals surface area contributed by atoms with Crippen molar-refractivity contribution in [3.63, 3.8) is 0 Å². The van der Waals surface area contributed by atoms with Crippen molar-refractivity contribution in [3.05, 3.63) is 102 Å². The number of carbonyl (C=O) groups excluding carboxylic acids is 2. The van der Waals surface area contributed by atoms with E-state index in [1.807, 2.05) is 60.7 Å². The molecule has 33 heavy (non-hydrogen) atoms. The van der Waals surface area contributed by atoms with Crippen LogP contribution < -0.4 is 5.32 Å². The molecule has 1 saturated heterocycles. The maximum atomic E-state index is 13.3. The Labute approximate surface area is 196 Å². The molecular formula is C26H24FN3O2S. The highest BCUT2D eigenvalue weighted by atomic mass is 32.2. The minimum atomic E-state index is -0.551. The normalized spacial score (nSPS) is 16.9. The second-order valence-corrected chi connectivity index (χ2v) is 8.85. The van der Waals surface area contributed by atoms with Crippen LogP contribution in [0.1, 0.15) is 17.5 Å². The van der Waals surface area contributed by atoms with Crippen LogP contribution in [0.3, 0.4) is 0 Å². The summed E-state index contributed by atoms with van der Waals surface area (Å²) < 4.78 is 13.3. The van der Waals surface area contributed by atoms with Crippen LogP contribution in [0.5, 0.6) is 0 Å². The van der Waals surface area contributed by atoms with Gasteiger partial charge in [0.05, 0.1) is 12.2 Å². The van der Waals surface area contributed by atoms with E-state index < -0.39 is 5.25 Å². The fraction of sp³-hybridized carbons (Fsp3) is 0.192. The molecule has 1 fully saturated rings. The lowest BCUT2D eigenvalue weighted by molar-refractivity contribution is -0.129. The number of para-hydroxylation sites is 1. The average Bonchev–Trinajstić information content (AvgIpc) is 3.10. The summed E-state index contributed by atoms with van der Waals surface area (Å²) in [5.74, 6) is -0.666. The molecule has 0 unspecified atom stereocenters. The molecule has 0 spiro atoms. The summed E-state index contributed by atoms with van der Waals surface area (Å²) in [6, 6.07) is 25.3. The number of amides is 2. The highest BCUT2D eigenvalue weighted by molar-refractivity contribution is 8.15. The monoisotopic (exact) mass is 461 g/mol. The molecule has 0 saturated carbocycles. The average molecular weight is 462 g/mol. The van der Waals surface area contributed by atoms with Gasteiger partial charge in [-0.05, 0) is 41.8 Å². The molecule has 1 aliphatic heterocycles. The van der Waals surface area contributed by atoms with Gasteiger partial charge in [-0.3, -0.25) is 14.5 Å². The van der Waals surface area contributed by atoms with Crippen LogP contribution in [-0.4, -0.2) is 33.7 Å². The van der Waals surface area contributed by atoms with Crippen molar-refractivity contribution in [1.82, 2.24) is 10.2 Å². The highest BCUT2D eigenvalue weighted by Gasteiger charge is 2.39. The summed E-state index contributed by atoms with van der Waals surface area (Å²) in [7, 11) is 0. The summed E-state index contributed by atoms with van der Waals surface area (Å²) in [6.45, 7) is 0.780. The van der Waals surface area contributed by atoms with Crippen molar-refractivity contribution in [3.8, 4) is 0 Å². The van der Waals surface area contributed by atoms with Crippen molar-refractivity contribution in [2.75, 3.05) is 6.54 Å². The van der Waals surface area contributed by atoms with Crippen molar-refractivity contribution >= 4 is 34.4 Å². The van der Waals surface area contributed by atoms with Gasteiger partial charge in [0.2, 0.25) is 11.8 Å². The lowest BCUT2D eigenvalue weighted by atomic mass is 10.1. The molecule has 1 N–H and O–H groups in total. The SMILES string of the molecule is O=C(C[C@@H]1SC(=Nc2ccccc2)N(Cc2ccc(F)cc2)C1=O)NCCc1ccccc1. The van der Waals surface area contributed by atoms with Gasteiger partial charge in [0.25, 0.3) is 0 Å². The van der Waals surface area contributed by atoms with Crippen molar-refractivity contribution < 1.29 is 14.0 Å². The molecule has 3 aromatic carbocycles. The van der Waals surface area contributed by atoms with Gasteiger partial charge in [0.1, 0.15) is 11.1 Å². The minimum Gasteiger partial charge on any atom is -0.356 e. The number of aliphatic imine (C=N–C) groups is 1. The second kappa shape index (κ2) is 10.9. The van der Waals surface area contributed by atoms with Crippen LogP contribution in [0, 0.1) is 5.82 Å². The molecule has 0 aromatic heterocycles. The van der Waals surface area contributed by atoms with E-state index in [0.29, 0.717) is 11.7 Å². The van der Waals surface area contributed by atoms with Gasteiger partial charge in [0, 0.05) is 13.0 Å². The summed E-state index contributed by atoms with van der Waals surface area (Å²) in [6.07, 6.45) is 0.807. The van der Waals surface area contributed by atoms with Crippen LogP contribution in [-0.2, 0) is 22.6 Å². The standard InChI is InChI=1S/C26H24FN3O2S/c27-21-13-11-20(12-14-21)18-30-25(32)23(33-26(30)29-22-9-5-2-6-10-22)17-24(31)28-16-15-19-7-3-1-4-8-19/h1-14,23H,15-18H2,(H,28,31)/t23-/m0/s1. The zero-order chi connectivity index (χ0) is 23.0. The van der Waals surface area contributed by atoms with E-state index in [9.17, 15) is 14.0 Å². The Kier molecular flexibility index (Phi) is 7.52. The van der Waals surface area contributed by atoms with Crippen LogP contribution in [0.4, 0.5) is 10.1 Å². The fourth-order valence-electron chi connectivity index (χ4n) is 3.49. The number of nitrogens with one attached hydrogen (secondary N) is 1. The van der Waals surface area contributed by atoms with E-state index >= 15 is 0 Å². The lowest BCUT2D eigenvalue weighted by Gasteiger charge is -2.16. The summed E-state index contributed by atoms with van der Waals surface area (Å²) in [5, 5.41) is 2.90. The first-order valence-electron chi connectivity index (χ1n) is 10.8. The molecule has 1 atom stereocenters. The van der Waals surface area contributed by atoms with Crippen LogP contribution in [0.2, 0.25) is 0 Å². The van der Waals surface area contributed by atoms with E-state index in [1.165, 1.54) is 23.9 Å². The third-order valence-electron chi connectivity index (χ3n) is 5.20. The Morgan fingerprint density at radius 2 is 1.61 bits per heavy atom. The first kappa shape index (κ1) is 22.7. The number of carbonyl (C=O) groups is 2. The van der Waals surface area contributed by atoms with Gasteiger partial charge in [-0.25, -0.2) is 9.38 Å². The lowest BCUT2D eigenvalue weighted by Crippen LogP contribution is -2.34. The van der Waals surface area contributed by atoms with Crippen LogP contribution >= 0.6 is 11.8 Å². The number of nitrogens with zero attached hydrogens (tertiary/aromatic N) is 2. The zero-order valence-electron chi connectivity index (χ0n) is 18.0. The van der Waals surface area contributed by atoms with Crippen molar-refractivity contribution in [1.29, 1.82) is 0 Å². The maximum absolute atomic E-state index is 13.3. The summed E-state index contributed by atoms with van der Waals surface area (Å²) in [4.78, 5) is 31.9. The Bertz CT molecular complexity index is 1120. The molecule has 4 rings (SSSR count). The molecule has 7 heteroatoms. The number of halogens is 1. The zero-order valence-corrected chi connectivity index (χ0v) is 18.8. The predicted octanol–water partition coefficient (Wildman–Crippen LogP) is 4.71. The topological polar surface area (TPSA) is 61.8 Å².